The van der Waals surface area contributed by atoms with E-state index in [0.717, 1.165) is 11.3 Å². The summed E-state index contributed by atoms with van der Waals surface area (Å²) in [6.07, 6.45) is 1.72. The molecule has 3 rings (SSSR count). The van der Waals surface area contributed by atoms with Crippen molar-refractivity contribution < 1.29 is 19.0 Å². The molecule has 0 saturated heterocycles. The Morgan fingerprint density at radius 2 is 1.54 bits per heavy atom. The Kier molecular flexibility index (Phi) is 8.46. The van der Waals surface area contributed by atoms with Crippen molar-refractivity contribution in [3.05, 3.63) is 72.6 Å². The van der Waals surface area contributed by atoms with E-state index in [9.17, 15) is 4.79 Å². The fraction of sp³-hybridized carbons (Fsp3) is 0.227. The van der Waals surface area contributed by atoms with Crippen LogP contribution in [0, 0.1) is 0 Å². The number of methoxy groups -OCH3 is 1. The molecule has 28 heavy (non-hydrogen) atoms. The van der Waals surface area contributed by atoms with E-state index in [1.54, 1.807) is 30.5 Å². The Balaban J connectivity index is 0.00000136. The fourth-order valence-corrected chi connectivity index (χ4v) is 2.19. The number of benzene rings is 2. The third kappa shape index (κ3) is 6.39. The first-order valence-electron chi connectivity index (χ1n) is 9.04. The monoisotopic (exact) mass is 380 g/mol. The van der Waals surface area contributed by atoms with Gasteiger partial charge in [-0.15, -0.1) is 0 Å². The van der Waals surface area contributed by atoms with Crippen LogP contribution in [0.25, 0.3) is 11.4 Å². The van der Waals surface area contributed by atoms with E-state index in [2.05, 4.69) is 14.7 Å². The maximum Gasteiger partial charge on any atom is 0.343 e. The molecule has 0 radical (unpaired) electrons. The molecule has 1 heterocycles. The lowest BCUT2D eigenvalue weighted by Crippen LogP contribution is -2.12. The molecule has 0 fully saturated rings. The van der Waals surface area contributed by atoms with Crippen molar-refractivity contribution in [1.82, 2.24) is 9.97 Å². The molecular formula is C22H24N2O4. The molecule has 0 unspecified atom stereocenters. The highest BCUT2D eigenvalue weighted by Gasteiger charge is 2.04. The topological polar surface area (TPSA) is 70.5 Å². The number of rotatable bonds is 7. The number of esters is 1. The van der Waals surface area contributed by atoms with Crippen LogP contribution in [-0.4, -0.2) is 29.7 Å². The summed E-state index contributed by atoms with van der Waals surface area (Å²) in [6, 6.07) is 18.6. The molecule has 0 aliphatic rings. The summed E-state index contributed by atoms with van der Waals surface area (Å²) < 4.78 is 15.6. The molecule has 1 aromatic heterocycles. The van der Waals surface area contributed by atoms with Gasteiger partial charge in [0.2, 0.25) is 0 Å². The summed E-state index contributed by atoms with van der Waals surface area (Å²) in [6.45, 7) is 4.20. The molecule has 0 N–H and O–H groups in total. The molecule has 0 saturated carbocycles. The molecule has 0 amide bonds. The van der Waals surface area contributed by atoms with Crippen molar-refractivity contribution >= 4 is 5.97 Å². The number of carbonyl (C=O) groups excluding carboxylic acids is 1. The lowest BCUT2D eigenvalue weighted by Gasteiger charge is -2.08. The van der Waals surface area contributed by atoms with Gasteiger partial charge in [-0.25, -0.2) is 14.8 Å². The van der Waals surface area contributed by atoms with E-state index in [0.29, 0.717) is 23.9 Å². The Bertz CT molecular complexity index is 852. The predicted molar refractivity (Wildman–Crippen MR) is 107 cm³/mol. The third-order valence-corrected chi connectivity index (χ3v) is 3.54. The highest BCUT2D eigenvalue weighted by atomic mass is 16.6. The normalized spacial score (nSPS) is 9.68. The molecule has 2 aromatic carbocycles. The summed E-state index contributed by atoms with van der Waals surface area (Å²) in [7, 11) is 1.32. The highest BCUT2D eigenvalue weighted by molar-refractivity contribution is 5.70. The first-order valence-corrected chi connectivity index (χ1v) is 9.04. The van der Waals surface area contributed by atoms with Crippen LogP contribution in [-0.2, 0) is 16.1 Å². The van der Waals surface area contributed by atoms with Crippen LogP contribution in [0.15, 0.2) is 66.9 Å². The van der Waals surface area contributed by atoms with Crippen molar-refractivity contribution in [3.63, 3.8) is 0 Å². The standard InChI is InChI=1S/C20H18N2O4.C2H6/c1-24-19(23)14-26-18-9-7-17(8-10-18)25-13-16-11-12-21-20(22-16)15-5-3-2-4-6-15;1-2/h2-12H,13-14H2,1H3;1-2H3. The highest BCUT2D eigenvalue weighted by Crippen LogP contribution is 2.19. The zero-order valence-corrected chi connectivity index (χ0v) is 16.3. The molecule has 6 heteroatoms. The van der Waals surface area contributed by atoms with E-state index in [4.69, 9.17) is 9.47 Å². The lowest BCUT2D eigenvalue weighted by atomic mass is 10.2. The van der Waals surface area contributed by atoms with E-state index in [1.165, 1.54) is 7.11 Å². The number of nitrogens with zero attached hydrogens (tertiary/aromatic N) is 2. The van der Waals surface area contributed by atoms with Gasteiger partial charge in [0, 0.05) is 11.8 Å². The van der Waals surface area contributed by atoms with Crippen molar-refractivity contribution in [3.8, 4) is 22.9 Å². The maximum atomic E-state index is 11.1. The summed E-state index contributed by atoms with van der Waals surface area (Å²) in [5.41, 5.74) is 1.74. The van der Waals surface area contributed by atoms with Gasteiger partial charge in [0.15, 0.2) is 12.4 Å². The minimum atomic E-state index is -0.427. The molecular weight excluding hydrogens is 356 g/mol. The van der Waals surface area contributed by atoms with Crippen LogP contribution in [0.1, 0.15) is 19.5 Å². The van der Waals surface area contributed by atoms with Crippen LogP contribution in [0.5, 0.6) is 11.5 Å². The molecule has 146 valence electrons. The largest absolute Gasteiger partial charge is 0.487 e. The average Bonchev–Trinajstić information content (AvgIpc) is 2.79. The molecule has 0 atom stereocenters. The Morgan fingerprint density at radius 3 is 2.18 bits per heavy atom. The lowest BCUT2D eigenvalue weighted by molar-refractivity contribution is -0.142. The summed E-state index contributed by atoms with van der Waals surface area (Å²) in [5.74, 6) is 1.48. The van der Waals surface area contributed by atoms with Gasteiger partial charge in [-0.05, 0) is 30.3 Å². The molecule has 6 nitrogen and oxygen atoms in total. The van der Waals surface area contributed by atoms with Crippen molar-refractivity contribution in [2.24, 2.45) is 0 Å². The summed E-state index contributed by atoms with van der Waals surface area (Å²) in [4.78, 5) is 19.9. The quantitative estimate of drug-likeness (QED) is 0.569. The van der Waals surface area contributed by atoms with Crippen molar-refractivity contribution in [2.75, 3.05) is 13.7 Å². The first-order chi connectivity index (χ1) is 13.7. The zero-order chi connectivity index (χ0) is 20.2. The van der Waals surface area contributed by atoms with Gasteiger partial charge >= 0.3 is 5.97 Å². The van der Waals surface area contributed by atoms with Crippen LogP contribution in [0.4, 0.5) is 0 Å². The second kappa shape index (κ2) is 11.3. The number of carbonyl (C=O) groups is 1. The second-order valence-corrected chi connectivity index (χ2v) is 5.36. The predicted octanol–water partition coefficient (Wildman–Crippen LogP) is 4.30. The van der Waals surface area contributed by atoms with Crippen LogP contribution < -0.4 is 9.47 Å². The maximum absolute atomic E-state index is 11.1. The van der Waals surface area contributed by atoms with Gasteiger partial charge < -0.3 is 14.2 Å². The smallest absolute Gasteiger partial charge is 0.343 e. The second-order valence-electron chi connectivity index (χ2n) is 5.36. The van der Waals surface area contributed by atoms with Crippen LogP contribution >= 0.6 is 0 Å². The SMILES string of the molecule is CC.COC(=O)COc1ccc(OCc2ccnc(-c3ccccc3)n2)cc1. The van der Waals surface area contributed by atoms with Gasteiger partial charge in [0.25, 0.3) is 0 Å². The summed E-state index contributed by atoms with van der Waals surface area (Å²) in [5, 5.41) is 0. The number of aromatic nitrogens is 2. The van der Waals surface area contributed by atoms with Gasteiger partial charge in [-0.1, -0.05) is 44.2 Å². The fourth-order valence-electron chi connectivity index (χ4n) is 2.19. The molecule has 0 aliphatic carbocycles. The average molecular weight is 380 g/mol. The molecule has 0 bridgehead atoms. The number of hydrogen-bond acceptors (Lipinski definition) is 6. The van der Waals surface area contributed by atoms with Gasteiger partial charge in [-0.2, -0.15) is 0 Å². The third-order valence-electron chi connectivity index (χ3n) is 3.54. The van der Waals surface area contributed by atoms with Gasteiger partial charge in [-0.3, -0.25) is 0 Å². The Labute approximate surface area is 165 Å². The molecule has 3 aromatic rings. The Hall–Kier alpha value is -3.41. The molecule has 0 aliphatic heterocycles. The van der Waals surface area contributed by atoms with Crippen molar-refractivity contribution in [1.29, 1.82) is 0 Å². The van der Waals surface area contributed by atoms with E-state index in [-0.39, 0.29) is 6.61 Å². The van der Waals surface area contributed by atoms with Crippen LogP contribution in [0.3, 0.4) is 0 Å². The minimum Gasteiger partial charge on any atom is -0.487 e. The summed E-state index contributed by atoms with van der Waals surface area (Å²) >= 11 is 0. The number of ether oxygens (including phenoxy) is 3. The first kappa shape index (κ1) is 20.9. The molecule has 0 spiro atoms. The number of hydrogen-bond donors (Lipinski definition) is 0. The van der Waals surface area contributed by atoms with E-state index < -0.39 is 5.97 Å². The van der Waals surface area contributed by atoms with Gasteiger partial charge in [0.1, 0.15) is 18.1 Å². The van der Waals surface area contributed by atoms with Crippen molar-refractivity contribution in [2.45, 2.75) is 20.5 Å². The van der Waals surface area contributed by atoms with Gasteiger partial charge in [0.05, 0.1) is 12.8 Å². The van der Waals surface area contributed by atoms with E-state index >= 15 is 0 Å². The zero-order valence-electron chi connectivity index (χ0n) is 16.3. The Morgan fingerprint density at radius 1 is 0.893 bits per heavy atom. The van der Waals surface area contributed by atoms with E-state index in [1.807, 2.05) is 50.2 Å². The minimum absolute atomic E-state index is 0.125. The van der Waals surface area contributed by atoms with Crippen LogP contribution in [0.2, 0.25) is 0 Å².